The summed E-state index contributed by atoms with van der Waals surface area (Å²) >= 11 is 1.65. The predicted molar refractivity (Wildman–Crippen MR) is 81.9 cm³/mol. The monoisotopic (exact) mass is 290 g/mol. The number of aromatic nitrogens is 3. The molecule has 0 radical (unpaired) electrons. The van der Waals surface area contributed by atoms with Gasteiger partial charge in [0.25, 0.3) is 0 Å². The molecule has 0 aliphatic heterocycles. The van der Waals surface area contributed by atoms with Gasteiger partial charge in [-0.3, -0.25) is 4.68 Å². The lowest BCUT2D eigenvalue weighted by atomic mass is 9.92. The first-order valence-corrected chi connectivity index (χ1v) is 8.18. The minimum atomic E-state index is 0.0599. The van der Waals surface area contributed by atoms with E-state index in [1.54, 1.807) is 11.3 Å². The molecule has 3 rings (SSSR count). The zero-order chi connectivity index (χ0) is 14.2. The lowest BCUT2D eigenvalue weighted by Crippen LogP contribution is -2.29. The van der Waals surface area contributed by atoms with E-state index in [2.05, 4.69) is 52.4 Å². The van der Waals surface area contributed by atoms with Gasteiger partial charge in [-0.15, -0.1) is 11.3 Å². The Kier molecular flexibility index (Phi) is 3.65. The van der Waals surface area contributed by atoms with Gasteiger partial charge >= 0.3 is 0 Å². The average Bonchev–Trinajstić information content (AvgIpc) is 3.04. The summed E-state index contributed by atoms with van der Waals surface area (Å²) in [6.07, 6.45) is 5.61. The molecule has 0 saturated carbocycles. The van der Waals surface area contributed by atoms with Crippen LogP contribution in [0.2, 0.25) is 0 Å². The molecule has 0 fully saturated rings. The highest BCUT2D eigenvalue weighted by Gasteiger charge is 2.27. The molecule has 0 amide bonds. The molecular formula is C15H22N4S. The van der Waals surface area contributed by atoms with Crippen LogP contribution >= 0.6 is 11.3 Å². The molecule has 5 heteroatoms. The summed E-state index contributed by atoms with van der Waals surface area (Å²) in [5, 5.41) is 10.4. The summed E-state index contributed by atoms with van der Waals surface area (Å²) < 4.78 is 2.19. The second kappa shape index (κ2) is 5.30. The molecule has 108 valence electrons. The fourth-order valence-electron chi connectivity index (χ4n) is 2.90. The Morgan fingerprint density at radius 3 is 3.00 bits per heavy atom. The van der Waals surface area contributed by atoms with Crippen molar-refractivity contribution in [1.29, 1.82) is 0 Å². The molecule has 20 heavy (non-hydrogen) atoms. The number of rotatable bonds is 3. The van der Waals surface area contributed by atoms with Crippen LogP contribution in [0.15, 0.2) is 17.1 Å². The molecule has 1 aliphatic carbocycles. The Bertz CT molecular complexity index is 565. The van der Waals surface area contributed by atoms with Crippen molar-refractivity contribution in [2.24, 2.45) is 0 Å². The minimum Gasteiger partial charge on any atom is -0.304 e. The molecule has 0 bridgehead atoms. The summed E-state index contributed by atoms with van der Waals surface area (Å²) in [6.45, 7) is 7.49. The molecule has 0 spiro atoms. The van der Waals surface area contributed by atoms with E-state index in [1.165, 1.54) is 24.1 Å². The Morgan fingerprint density at radius 1 is 1.45 bits per heavy atom. The molecule has 2 aromatic heterocycles. The first-order valence-electron chi connectivity index (χ1n) is 7.23. The van der Waals surface area contributed by atoms with Crippen LogP contribution in [0.5, 0.6) is 0 Å². The van der Waals surface area contributed by atoms with E-state index >= 15 is 0 Å². The van der Waals surface area contributed by atoms with Crippen molar-refractivity contribution in [3.05, 3.63) is 34.0 Å². The van der Waals surface area contributed by atoms with Gasteiger partial charge in [-0.25, -0.2) is 4.98 Å². The van der Waals surface area contributed by atoms with Crippen molar-refractivity contribution in [1.82, 2.24) is 20.1 Å². The summed E-state index contributed by atoms with van der Waals surface area (Å²) in [4.78, 5) is 4.34. The fraction of sp³-hybridized carbons (Fsp3) is 0.600. The molecule has 4 nitrogen and oxygen atoms in total. The molecule has 2 heterocycles. The average molecular weight is 290 g/mol. The van der Waals surface area contributed by atoms with E-state index in [0.29, 0.717) is 6.04 Å². The van der Waals surface area contributed by atoms with Crippen LogP contribution in [0.1, 0.15) is 56.6 Å². The first kappa shape index (κ1) is 13.8. The summed E-state index contributed by atoms with van der Waals surface area (Å²) in [7, 11) is 0. The van der Waals surface area contributed by atoms with E-state index < -0.39 is 0 Å². The van der Waals surface area contributed by atoms with Crippen molar-refractivity contribution >= 4 is 11.3 Å². The highest BCUT2D eigenvalue weighted by Crippen LogP contribution is 2.32. The maximum Gasteiger partial charge on any atom is 0.0795 e. The predicted octanol–water partition coefficient (Wildman–Crippen LogP) is 3.26. The number of nitrogens with zero attached hydrogens (tertiary/aromatic N) is 3. The van der Waals surface area contributed by atoms with Crippen LogP contribution in [0.25, 0.3) is 0 Å². The van der Waals surface area contributed by atoms with Gasteiger partial charge < -0.3 is 5.32 Å². The van der Waals surface area contributed by atoms with Gasteiger partial charge in [0.2, 0.25) is 0 Å². The lowest BCUT2D eigenvalue weighted by molar-refractivity contribution is 0.334. The largest absolute Gasteiger partial charge is 0.304 e. The number of fused-ring (bicyclic) bond motifs is 1. The van der Waals surface area contributed by atoms with Gasteiger partial charge in [0.1, 0.15) is 0 Å². The zero-order valence-corrected chi connectivity index (χ0v) is 13.2. The molecule has 2 aromatic rings. The fourth-order valence-corrected chi connectivity index (χ4v) is 3.46. The maximum absolute atomic E-state index is 4.63. The Balaban J connectivity index is 1.78. The van der Waals surface area contributed by atoms with Crippen LogP contribution in [0.4, 0.5) is 0 Å². The number of hydrogen-bond donors (Lipinski definition) is 1. The van der Waals surface area contributed by atoms with Crippen molar-refractivity contribution in [2.75, 3.05) is 0 Å². The van der Waals surface area contributed by atoms with Crippen LogP contribution in [0.3, 0.4) is 0 Å². The van der Waals surface area contributed by atoms with Crippen molar-refractivity contribution < 1.29 is 0 Å². The topological polar surface area (TPSA) is 42.7 Å². The highest BCUT2D eigenvalue weighted by atomic mass is 32.1. The Labute approximate surface area is 124 Å². The van der Waals surface area contributed by atoms with Crippen LogP contribution in [0, 0.1) is 0 Å². The smallest absolute Gasteiger partial charge is 0.0795 e. The maximum atomic E-state index is 4.63. The summed E-state index contributed by atoms with van der Waals surface area (Å²) in [6, 6.07) is 0.413. The minimum absolute atomic E-state index is 0.0599. The van der Waals surface area contributed by atoms with Crippen molar-refractivity contribution in [3.8, 4) is 0 Å². The normalized spacial score (nSPS) is 19.1. The van der Waals surface area contributed by atoms with Crippen LogP contribution in [-0.4, -0.2) is 14.8 Å². The van der Waals surface area contributed by atoms with Gasteiger partial charge in [0.05, 0.1) is 22.9 Å². The zero-order valence-electron chi connectivity index (χ0n) is 12.4. The number of nitrogens with one attached hydrogen (secondary N) is 1. The van der Waals surface area contributed by atoms with Crippen LogP contribution < -0.4 is 5.32 Å². The molecule has 1 aliphatic rings. The lowest BCUT2D eigenvalue weighted by Gasteiger charge is -2.28. The molecule has 1 atom stereocenters. The van der Waals surface area contributed by atoms with Gasteiger partial charge in [0, 0.05) is 29.2 Å². The Hall–Kier alpha value is -1.20. The van der Waals surface area contributed by atoms with E-state index in [0.717, 1.165) is 18.7 Å². The standard InChI is InChI=1S/C15H22N4S/c1-15(2,3)19-14-6-4-5-13(12(14)8-18-19)16-7-11-9-20-10-17-11/h8-10,13,16H,4-7H2,1-3H3. The van der Waals surface area contributed by atoms with Crippen LogP contribution in [-0.2, 0) is 18.5 Å². The van der Waals surface area contributed by atoms with E-state index in [-0.39, 0.29) is 5.54 Å². The van der Waals surface area contributed by atoms with Crippen molar-refractivity contribution in [2.45, 2.75) is 58.2 Å². The first-order chi connectivity index (χ1) is 9.55. The third-order valence-corrected chi connectivity index (χ3v) is 4.47. The molecule has 0 aromatic carbocycles. The molecule has 1 N–H and O–H groups in total. The SMILES string of the molecule is CC(C)(C)n1ncc2c1CCCC2NCc1cscn1. The quantitative estimate of drug-likeness (QED) is 0.943. The number of thiazole rings is 1. The summed E-state index contributed by atoms with van der Waals surface area (Å²) in [5.41, 5.74) is 5.86. The van der Waals surface area contributed by atoms with Gasteiger partial charge in [0.15, 0.2) is 0 Å². The van der Waals surface area contributed by atoms with Gasteiger partial charge in [-0.2, -0.15) is 5.10 Å². The van der Waals surface area contributed by atoms with Crippen molar-refractivity contribution in [3.63, 3.8) is 0 Å². The van der Waals surface area contributed by atoms with Gasteiger partial charge in [-0.05, 0) is 40.0 Å². The molecule has 0 saturated heterocycles. The highest BCUT2D eigenvalue weighted by molar-refractivity contribution is 7.07. The summed E-state index contributed by atoms with van der Waals surface area (Å²) in [5.74, 6) is 0. The van der Waals surface area contributed by atoms with E-state index in [1.807, 2.05) is 5.51 Å². The second-order valence-electron chi connectivity index (χ2n) is 6.43. The van der Waals surface area contributed by atoms with Gasteiger partial charge in [-0.1, -0.05) is 0 Å². The second-order valence-corrected chi connectivity index (χ2v) is 7.15. The molecule has 1 unspecified atom stereocenters. The number of hydrogen-bond acceptors (Lipinski definition) is 4. The third kappa shape index (κ3) is 2.65. The van der Waals surface area contributed by atoms with E-state index in [4.69, 9.17) is 0 Å². The Morgan fingerprint density at radius 2 is 2.30 bits per heavy atom. The molecular weight excluding hydrogens is 268 g/mol. The third-order valence-electron chi connectivity index (χ3n) is 3.83. The van der Waals surface area contributed by atoms with E-state index in [9.17, 15) is 0 Å².